The third-order valence-electron chi connectivity index (χ3n) is 3.70. The van der Waals surface area contributed by atoms with E-state index >= 15 is 0 Å². The Kier molecular flexibility index (Phi) is 6.41. The van der Waals surface area contributed by atoms with Crippen LogP contribution in [-0.4, -0.2) is 37.4 Å². The molecule has 2 aromatic carbocycles. The molecule has 0 aliphatic rings. The van der Waals surface area contributed by atoms with E-state index < -0.39 is 31.9 Å². The monoisotopic (exact) mass is 443 g/mol. The highest BCUT2D eigenvalue weighted by Gasteiger charge is 2.35. The molecule has 0 saturated carbocycles. The topological polar surface area (TPSA) is 92.5 Å². The molecule has 1 unspecified atom stereocenters. The van der Waals surface area contributed by atoms with Gasteiger partial charge in [0.25, 0.3) is 5.03 Å². The average Bonchev–Trinajstić information content (AvgIpc) is 3.13. The summed E-state index contributed by atoms with van der Waals surface area (Å²) >= 11 is 3.99. The second-order valence-electron chi connectivity index (χ2n) is 5.62. The molecule has 0 aliphatic carbocycles. The normalized spacial score (nSPS) is 12.9. The highest BCUT2D eigenvalue weighted by Crippen LogP contribution is 2.32. The summed E-state index contributed by atoms with van der Waals surface area (Å²) < 4.78 is 62.7. The van der Waals surface area contributed by atoms with Crippen molar-refractivity contribution in [2.45, 2.75) is 15.0 Å². The largest absolute Gasteiger partial charge is 0.609 e. The third-order valence-corrected chi connectivity index (χ3v) is 6.98. The van der Waals surface area contributed by atoms with Crippen LogP contribution in [0.1, 0.15) is 0 Å². The van der Waals surface area contributed by atoms with E-state index in [0.29, 0.717) is 5.02 Å². The van der Waals surface area contributed by atoms with Gasteiger partial charge >= 0.3 is 5.09 Å². The smallest absolute Gasteiger partial charge is 0.351 e. The van der Waals surface area contributed by atoms with Crippen molar-refractivity contribution in [2.24, 2.45) is 0 Å². The van der Waals surface area contributed by atoms with Gasteiger partial charge < -0.3 is 13.7 Å². The first-order chi connectivity index (χ1) is 13.3. The van der Waals surface area contributed by atoms with Gasteiger partial charge in [-0.15, -0.1) is 0 Å². The van der Waals surface area contributed by atoms with Crippen LogP contribution in [-0.2, 0) is 25.7 Å². The molecule has 28 heavy (non-hydrogen) atoms. The molecule has 6 nitrogen and oxygen atoms in total. The number of sulfone groups is 1. The predicted octanol–water partition coefficient (Wildman–Crippen LogP) is 3.72. The summed E-state index contributed by atoms with van der Waals surface area (Å²) in [5.41, 5.74) is 0.225. The minimum absolute atomic E-state index is 0.0113. The fourth-order valence-corrected chi connectivity index (χ4v) is 5.16. The Morgan fingerprint density at radius 2 is 1.96 bits per heavy atom. The van der Waals surface area contributed by atoms with Crippen molar-refractivity contribution in [3.8, 4) is 11.5 Å². The van der Waals surface area contributed by atoms with E-state index in [-0.39, 0.29) is 33.8 Å². The van der Waals surface area contributed by atoms with Gasteiger partial charge in [-0.2, -0.15) is 4.98 Å². The van der Waals surface area contributed by atoms with Crippen molar-refractivity contribution < 1.29 is 26.5 Å². The van der Waals surface area contributed by atoms with Crippen LogP contribution in [0.15, 0.2) is 68.0 Å². The molecule has 0 bridgehead atoms. The fourth-order valence-electron chi connectivity index (χ4n) is 2.33. The summed E-state index contributed by atoms with van der Waals surface area (Å²) in [6.45, 7) is 0.128. The minimum Gasteiger partial charge on any atom is -0.609 e. The van der Waals surface area contributed by atoms with Crippen LogP contribution < -0.4 is 0 Å². The lowest BCUT2D eigenvalue weighted by Crippen LogP contribution is -2.15. The van der Waals surface area contributed by atoms with Gasteiger partial charge in [-0.1, -0.05) is 17.7 Å². The van der Waals surface area contributed by atoms with Gasteiger partial charge in [0.1, 0.15) is 11.6 Å². The highest BCUT2D eigenvalue weighted by molar-refractivity contribution is 7.94. The second-order valence-corrected chi connectivity index (χ2v) is 9.39. The SMILES string of the molecule is COCC[S+]([O-])c1oc(-c2cccc(F)c2)nc1S(=O)(=O)c1ccc(Cl)cc1. The van der Waals surface area contributed by atoms with Crippen molar-refractivity contribution in [2.75, 3.05) is 19.5 Å². The predicted molar refractivity (Wildman–Crippen MR) is 102 cm³/mol. The number of halogens is 2. The summed E-state index contributed by atoms with van der Waals surface area (Å²) in [5, 5.41) is -0.432. The van der Waals surface area contributed by atoms with Gasteiger partial charge in [0.15, 0.2) is 0 Å². The lowest BCUT2D eigenvalue weighted by atomic mass is 10.2. The van der Waals surface area contributed by atoms with Crippen LogP contribution in [0, 0.1) is 5.82 Å². The Hall–Kier alpha value is -1.91. The number of hydrogen-bond acceptors (Lipinski definition) is 6. The molecule has 0 amide bonds. The van der Waals surface area contributed by atoms with Crippen LogP contribution in [0.3, 0.4) is 0 Å². The number of aromatic nitrogens is 1. The fraction of sp³-hybridized carbons (Fsp3) is 0.167. The van der Waals surface area contributed by atoms with Crippen LogP contribution in [0.4, 0.5) is 4.39 Å². The van der Waals surface area contributed by atoms with Gasteiger partial charge in [-0.3, -0.25) is 0 Å². The molecule has 148 valence electrons. The van der Waals surface area contributed by atoms with Gasteiger partial charge in [0.2, 0.25) is 15.7 Å². The van der Waals surface area contributed by atoms with Crippen molar-refractivity contribution in [3.63, 3.8) is 0 Å². The molecule has 0 fully saturated rings. The lowest BCUT2D eigenvalue weighted by molar-refractivity contribution is 0.216. The number of rotatable bonds is 7. The highest BCUT2D eigenvalue weighted by atomic mass is 35.5. The number of methoxy groups -OCH3 is 1. The Balaban J connectivity index is 2.13. The van der Waals surface area contributed by atoms with E-state index in [1.54, 1.807) is 0 Å². The molecule has 0 spiro atoms. The lowest BCUT2D eigenvalue weighted by Gasteiger charge is -2.08. The first-order valence-corrected chi connectivity index (χ1v) is 11.2. The molecule has 1 aromatic heterocycles. The zero-order valence-corrected chi connectivity index (χ0v) is 17.0. The Morgan fingerprint density at radius 1 is 1.25 bits per heavy atom. The summed E-state index contributed by atoms with van der Waals surface area (Å²) in [6, 6.07) is 10.8. The number of nitrogens with zero attached hydrogens (tertiary/aromatic N) is 1. The maximum atomic E-state index is 13.5. The maximum Gasteiger partial charge on any atom is 0.351 e. The van der Waals surface area contributed by atoms with Crippen molar-refractivity contribution in [1.82, 2.24) is 4.98 Å². The molecule has 3 aromatic rings. The van der Waals surface area contributed by atoms with E-state index in [9.17, 15) is 17.4 Å². The third kappa shape index (κ3) is 4.39. The van der Waals surface area contributed by atoms with E-state index in [2.05, 4.69) is 4.98 Å². The molecule has 0 radical (unpaired) electrons. The van der Waals surface area contributed by atoms with Gasteiger partial charge in [0.05, 0.1) is 11.5 Å². The second kappa shape index (κ2) is 8.62. The summed E-state index contributed by atoms with van der Waals surface area (Å²) in [6.07, 6.45) is 0. The Morgan fingerprint density at radius 3 is 2.61 bits per heavy atom. The van der Waals surface area contributed by atoms with Crippen LogP contribution in [0.5, 0.6) is 0 Å². The summed E-state index contributed by atoms with van der Waals surface area (Å²) in [4.78, 5) is 3.95. The average molecular weight is 444 g/mol. The van der Waals surface area contributed by atoms with E-state index in [1.807, 2.05) is 0 Å². The zero-order chi connectivity index (χ0) is 20.3. The molecule has 3 rings (SSSR count). The Bertz CT molecular complexity index is 1070. The Labute approximate surface area is 169 Å². The van der Waals surface area contributed by atoms with Gasteiger partial charge in [-0.25, -0.2) is 12.8 Å². The molecule has 1 atom stereocenters. The number of oxazole rings is 1. The molecule has 0 saturated heterocycles. The molecule has 0 aliphatic heterocycles. The summed E-state index contributed by atoms with van der Waals surface area (Å²) in [5.74, 6) is -0.676. The summed E-state index contributed by atoms with van der Waals surface area (Å²) in [7, 11) is -2.71. The minimum atomic E-state index is -4.14. The van der Waals surface area contributed by atoms with Gasteiger partial charge in [-0.05, 0) is 42.5 Å². The quantitative estimate of drug-likeness (QED) is 0.517. The number of ether oxygens (including phenoxy) is 1. The zero-order valence-electron chi connectivity index (χ0n) is 14.6. The number of hydrogen-bond donors (Lipinski definition) is 0. The first-order valence-electron chi connectivity index (χ1n) is 7.97. The van der Waals surface area contributed by atoms with Crippen LogP contribution in [0.2, 0.25) is 5.02 Å². The molecule has 1 heterocycles. The van der Waals surface area contributed by atoms with Gasteiger partial charge in [0, 0.05) is 28.9 Å². The first kappa shape index (κ1) is 20.8. The number of benzene rings is 2. The molecule has 0 N–H and O–H groups in total. The molecular weight excluding hydrogens is 429 g/mol. The van der Waals surface area contributed by atoms with Crippen LogP contribution >= 0.6 is 11.6 Å². The van der Waals surface area contributed by atoms with Crippen LogP contribution in [0.25, 0.3) is 11.5 Å². The van der Waals surface area contributed by atoms with Crippen molar-refractivity contribution in [1.29, 1.82) is 0 Å². The van der Waals surface area contributed by atoms with E-state index in [0.717, 1.165) is 6.07 Å². The van der Waals surface area contributed by atoms with E-state index in [4.69, 9.17) is 20.8 Å². The van der Waals surface area contributed by atoms with E-state index in [1.165, 1.54) is 49.6 Å². The molecule has 10 heteroatoms. The van der Waals surface area contributed by atoms with Crippen molar-refractivity contribution in [3.05, 3.63) is 59.4 Å². The standard InChI is InChI=1S/C18H15ClFNO5S2/c1-25-9-10-27(22)18-17(28(23,24)15-7-5-13(19)6-8-15)21-16(26-18)12-3-2-4-14(20)11-12/h2-8,11H,9-10H2,1H3. The molecular formula is C18H15ClFNO5S2. The van der Waals surface area contributed by atoms with Crippen molar-refractivity contribution >= 4 is 32.6 Å². The maximum absolute atomic E-state index is 13.5.